The first-order valence-electron chi connectivity index (χ1n) is 9.30. The van der Waals surface area contributed by atoms with Gasteiger partial charge in [-0.2, -0.15) is 0 Å². The lowest BCUT2D eigenvalue weighted by Crippen LogP contribution is -2.60. The summed E-state index contributed by atoms with van der Waals surface area (Å²) in [4.78, 5) is 23.8. The lowest BCUT2D eigenvalue weighted by Gasteiger charge is -2.46. The molecule has 3 N–H and O–H groups in total. The van der Waals surface area contributed by atoms with Crippen molar-refractivity contribution in [3.05, 3.63) is 40.3 Å². The molecule has 1 fully saturated rings. The van der Waals surface area contributed by atoms with Crippen LogP contribution in [-0.4, -0.2) is 37.0 Å². The summed E-state index contributed by atoms with van der Waals surface area (Å²) in [5.74, 6) is 0.821. The van der Waals surface area contributed by atoms with E-state index in [1.165, 1.54) is 6.33 Å². The molecule has 9 nitrogen and oxygen atoms in total. The Bertz CT molecular complexity index is 849. The third-order valence-corrected chi connectivity index (χ3v) is 4.69. The zero-order valence-electron chi connectivity index (χ0n) is 16.9. The van der Waals surface area contributed by atoms with Gasteiger partial charge in [0.05, 0.1) is 4.92 Å². The summed E-state index contributed by atoms with van der Waals surface area (Å²) in [5, 5.41) is 21.6. The highest BCUT2D eigenvalue weighted by molar-refractivity contribution is 5.72. The Morgan fingerprint density at radius 2 is 1.75 bits per heavy atom. The van der Waals surface area contributed by atoms with Crippen LogP contribution < -0.4 is 16.0 Å². The van der Waals surface area contributed by atoms with Crippen molar-refractivity contribution in [2.45, 2.75) is 64.6 Å². The van der Waals surface area contributed by atoms with Crippen LogP contribution in [-0.2, 0) is 0 Å². The molecule has 9 heteroatoms. The van der Waals surface area contributed by atoms with Crippen LogP contribution in [0.4, 0.5) is 23.1 Å². The van der Waals surface area contributed by atoms with Crippen molar-refractivity contribution < 1.29 is 4.92 Å². The fourth-order valence-corrected chi connectivity index (χ4v) is 4.03. The van der Waals surface area contributed by atoms with Crippen LogP contribution in [0, 0.1) is 17.0 Å². The van der Waals surface area contributed by atoms with Gasteiger partial charge in [-0.05, 0) is 59.1 Å². The summed E-state index contributed by atoms with van der Waals surface area (Å²) in [6.07, 6.45) is 4.65. The quantitative estimate of drug-likeness (QED) is 0.528. The highest BCUT2D eigenvalue weighted by atomic mass is 16.6. The van der Waals surface area contributed by atoms with E-state index in [9.17, 15) is 10.1 Å². The molecule has 1 saturated heterocycles. The number of anilines is 3. The maximum atomic E-state index is 11.8. The molecule has 28 heavy (non-hydrogen) atoms. The molecule has 1 aliphatic heterocycles. The van der Waals surface area contributed by atoms with Crippen molar-refractivity contribution in [1.29, 1.82) is 0 Å². The smallest absolute Gasteiger partial charge is 0.353 e. The molecular weight excluding hydrogens is 358 g/mol. The summed E-state index contributed by atoms with van der Waals surface area (Å²) in [6.45, 7) is 10.5. The normalized spacial score (nSPS) is 18.5. The molecule has 0 spiro atoms. The zero-order valence-corrected chi connectivity index (χ0v) is 16.9. The summed E-state index contributed by atoms with van der Waals surface area (Å²) in [7, 11) is 0. The molecule has 150 valence electrons. The second-order valence-electron chi connectivity index (χ2n) is 8.66. The number of aromatic nitrogens is 3. The number of nitrogens with zero attached hydrogens (tertiary/aromatic N) is 4. The molecule has 0 radical (unpaired) electrons. The topological polar surface area (TPSA) is 118 Å². The van der Waals surface area contributed by atoms with Gasteiger partial charge in [0, 0.05) is 23.3 Å². The van der Waals surface area contributed by atoms with Gasteiger partial charge in [0.25, 0.3) is 0 Å². The number of pyridine rings is 1. The number of hydrogen-bond donors (Lipinski definition) is 3. The lowest BCUT2D eigenvalue weighted by atomic mass is 9.79. The van der Waals surface area contributed by atoms with Gasteiger partial charge >= 0.3 is 5.69 Å². The highest BCUT2D eigenvalue weighted by Gasteiger charge is 2.38. The standard InChI is InChI=1S/C19H27N7O2/c1-12-6-7-14(20-10-12)24-17-15(26(27)28)16(21-11-22-17)23-13-8-18(2,3)25-19(4,5)9-13/h6-7,10-11,13,25H,8-9H2,1-5H3,(H2,20,21,22,23,24). The van der Waals surface area contributed by atoms with E-state index in [-0.39, 0.29) is 34.4 Å². The Morgan fingerprint density at radius 1 is 1.11 bits per heavy atom. The van der Waals surface area contributed by atoms with E-state index >= 15 is 0 Å². The molecule has 2 aromatic heterocycles. The summed E-state index contributed by atoms with van der Waals surface area (Å²) < 4.78 is 0. The van der Waals surface area contributed by atoms with Crippen molar-refractivity contribution in [1.82, 2.24) is 20.3 Å². The van der Waals surface area contributed by atoms with Gasteiger partial charge in [0.2, 0.25) is 11.6 Å². The van der Waals surface area contributed by atoms with E-state index in [2.05, 4.69) is 58.6 Å². The number of aryl methyl sites for hydroxylation is 1. The van der Waals surface area contributed by atoms with Crippen LogP contribution in [0.25, 0.3) is 0 Å². The van der Waals surface area contributed by atoms with Crippen LogP contribution in [0.1, 0.15) is 46.1 Å². The Kier molecular flexibility index (Phi) is 5.20. The zero-order chi connectivity index (χ0) is 20.5. The van der Waals surface area contributed by atoms with Gasteiger partial charge in [0.15, 0.2) is 0 Å². The van der Waals surface area contributed by atoms with E-state index in [0.29, 0.717) is 5.82 Å². The largest absolute Gasteiger partial charge is 0.361 e. The average molecular weight is 385 g/mol. The highest BCUT2D eigenvalue weighted by Crippen LogP contribution is 2.35. The van der Waals surface area contributed by atoms with Crippen LogP contribution >= 0.6 is 0 Å². The summed E-state index contributed by atoms with van der Waals surface area (Å²) in [6, 6.07) is 3.68. The first-order chi connectivity index (χ1) is 13.0. The summed E-state index contributed by atoms with van der Waals surface area (Å²) in [5.41, 5.74) is 0.641. The minimum absolute atomic E-state index is 0.0465. The van der Waals surface area contributed by atoms with Gasteiger partial charge in [-0.25, -0.2) is 15.0 Å². The molecule has 0 amide bonds. The maximum Gasteiger partial charge on any atom is 0.353 e. The number of hydrogen-bond acceptors (Lipinski definition) is 8. The molecule has 0 aromatic carbocycles. The van der Waals surface area contributed by atoms with Gasteiger partial charge in [-0.15, -0.1) is 0 Å². The second kappa shape index (κ2) is 7.31. The molecule has 3 heterocycles. The molecule has 0 atom stereocenters. The van der Waals surface area contributed by atoms with E-state index in [1.807, 2.05) is 13.0 Å². The Hall–Kier alpha value is -2.81. The predicted octanol–water partition coefficient (Wildman–Crippen LogP) is 3.55. The van der Waals surface area contributed by atoms with Crippen molar-refractivity contribution in [2.75, 3.05) is 10.6 Å². The Morgan fingerprint density at radius 3 is 2.32 bits per heavy atom. The van der Waals surface area contributed by atoms with E-state index in [4.69, 9.17) is 0 Å². The molecule has 0 aliphatic carbocycles. The fraction of sp³-hybridized carbons (Fsp3) is 0.526. The van der Waals surface area contributed by atoms with E-state index in [1.54, 1.807) is 12.3 Å². The predicted molar refractivity (Wildman–Crippen MR) is 109 cm³/mol. The number of piperidine rings is 1. The SMILES string of the molecule is Cc1ccc(Nc2ncnc(NC3CC(C)(C)NC(C)(C)C3)c2[N+](=O)[O-])nc1. The maximum absolute atomic E-state index is 11.8. The molecule has 0 unspecified atom stereocenters. The first-order valence-corrected chi connectivity index (χ1v) is 9.30. The Labute approximate surface area is 164 Å². The molecular formula is C19H27N7O2. The van der Waals surface area contributed by atoms with Crippen molar-refractivity contribution in [3.63, 3.8) is 0 Å². The second-order valence-corrected chi connectivity index (χ2v) is 8.66. The van der Waals surface area contributed by atoms with E-state index < -0.39 is 4.92 Å². The average Bonchev–Trinajstić information content (AvgIpc) is 2.54. The molecule has 0 saturated carbocycles. The van der Waals surface area contributed by atoms with Crippen LogP contribution in [0.5, 0.6) is 0 Å². The van der Waals surface area contributed by atoms with Crippen LogP contribution in [0.3, 0.4) is 0 Å². The monoisotopic (exact) mass is 385 g/mol. The van der Waals surface area contributed by atoms with Gasteiger partial charge < -0.3 is 16.0 Å². The van der Waals surface area contributed by atoms with Gasteiger partial charge in [0.1, 0.15) is 12.1 Å². The minimum atomic E-state index is -0.462. The molecule has 3 rings (SSSR count). The van der Waals surface area contributed by atoms with Gasteiger partial charge in [-0.3, -0.25) is 10.1 Å². The van der Waals surface area contributed by atoms with E-state index in [0.717, 1.165) is 18.4 Å². The third kappa shape index (κ3) is 4.72. The summed E-state index contributed by atoms with van der Waals surface area (Å²) >= 11 is 0. The first kappa shape index (κ1) is 19.9. The van der Waals surface area contributed by atoms with Crippen LogP contribution in [0.2, 0.25) is 0 Å². The third-order valence-electron chi connectivity index (χ3n) is 4.69. The van der Waals surface area contributed by atoms with Gasteiger partial charge in [-0.1, -0.05) is 6.07 Å². The minimum Gasteiger partial charge on any atom is -0.361 e. The Balaban J connectivity index is 1.89. The van der Waals surface area contributed by atoms with Crippen molar-refractivity contribution >= 4 is 23.1 Å². The molecule has 0 bridgehead atoms. The van der Waals surface area contributed by atoms with Crippen molar-refractivity contribution in [3.8, 4) is 0 Å². The molecule has 2 aromatic rings. The van der Waals surface area contributed by atoms with Crippen LogP contribution in [0.15, 0.2) is 24.7 Å². The van der Waals surface area contributed by atoms with Crippen molar-refractivity contribution in [2.24, 2.45) is 0 Å². The number of nitro groups is 1. The molecule has 1 aliphatic rings. The fourth-order valence-electron chi connectivity index (χ4n) is 4.03. The number of nitrogens with one attached hydrogen (secondary N) is 3. The lowest BCUT2D eigenvalue weighted by molar-refractivity contribution is -0.383. The number of rotatable bonds is 5.